The molecule has 45 heavy (non-hydrogen) atoms. The second kappa shape index (κ2) is 13.5. The van der Waals surface area contributed by atoms with E-state index in [4.69, 9.17) is 0 Å². The Hall–Kier alpha value is -4.03. The van der Waals surface area contributed by atoms with Gasteiger partial charge in [-0.25, -0.2) is 0 Å². The number of rotatable bonds is 13. The number of aliphatic carboxylic acids is 2. The van der Waals surface area contributed by atoms with E-state index in [9.17, 15) is 34.5 Å². The van der Waals surface area contributed by atoms with Gasteiger partial charge >= 0.3 is 11.9 Å². The summed E-state index contributed by atoms with van der Waals surface area (Å²) in [5, 5.41) is 35.9. The molecular formula is C33H42N4O7S. The maximum Gasteiger partial charge on any atom is 0.306 e. The Morgan fingerprint density at radius 1 is 1.04 bits per heavy atom. The van der Waals surface area contributed by atoms with Crippen molar-refractivity contribution in [3.8, 4) is 0 Å². The Balaban J connectivity index is 1.79. The molecule has 242 valence electrons. The Morgan fingerprint density at radius 3 is 2.31 bits per heavy atom. The molecule has 1 unspecified atom stereocenters. The maximum absolute atomic E-state index is 12.5. The molecule has 2 aromatic rings. The number of amides is 2. The molecule has 1 fully saturated rings. The first-order valence-electron chi connectivity index (χ1n) is 15.0. The van der Waals surface area contributed by atoms with Gasteiger partial charge < -0.3 is 35.9 Å². The van der Waals surface area contributed by atoms with Crippen LogP contribution in [-0.2, 0) is 38.4 Å². The summed E-state index contributed by atoms with van der Waals surface area (Å²) < 4.78 is 0. The third-order valence-corrected chi connectivity index (χ3v) is 9.46. The van der Waals surface area contributed by atoms with Gasteiger partial charge in [0, 0.05) is 76.0 Å². The topological polar surface area (TPSA) is 185 Å². The smallest absolute Gasteiger partial charge is 0.306 e. The van der Waals surface area contributed by atoms with Gasteiger partial charge in [0.1, 0.15) is 0 Å². The third-order valence-electron chi connectivity index (χ3n) is 9.14. The summed E-state index contributed by atoms with van der Waals surface area (Å²) in [7, 11) is 0. The first kappa shape index (κ1) is 33.9. The van der Waals surface area contributed by atoms with E-state index in [2.05, 4.69) is 39.8 Å². The molecule has 4 heterocycles. The van der Waals surface area contributed by atoms with Gasteiger partial charge in [0.2, 0.25) is 5.91 Å². The van der Waals surface area contributed by atoms with Crippen molar-refractivity contribution in [3.63, 3.8) is 0 Å². The number of carboxylic acid groups (broad SMARTS) is 2. The van der Waals surface area contributed by atoms with Gasteiger partial charge in [-0.05, 0) is 55.5 Å². The molecule has 0 aliphatic carbocycles. The Morgan fingerprint density at radius 2 is 1.73 bits per heavy atom. The van der Waals surface area contributed by atoms with Crippen LogP contribution in [0.4, 0.5) is 0 Å². The van der Waals surface area contributed by atoms with Gasteiger partial charge in [-0.3, -0.25) is 19.2 Å². The lowest BCUT2D eigenvalue weighted by molar-refractivity contribution is -0.139. The predicted octanol–water partition coefficient (Wildman–Crippen LogP) is 3.66. The van der Waals surface area contributed by atoms with Crippen LogP contribution in [0.2, 0.25) is 0 Å². The van der Waals surface area contributed by atoms with Crippen molar-refractivity contribution in [1.82, 2.24) is 20.6 Å². The summed E-state index contributed by atoms with van der Waals surface area (Å²) in [4.78, 5) is 54.9. The standard InChI is InChI=1S/C33H42N4O7S/c1-7-19-14(2)22(36-33(19)44)10-23-16(4)31(27(38)13-29(41)42)26(35-23)12-24-20(8-9-28(39)40)15(3)21(34-24)11-25-30(18(6)45)17(5)32(43)37-25/h7,11,17-18,22,27,30,34-35,38,45H,1,8-10,12-13H2,2-6H3,(H,36,44)(H,37,43)(H,39,40)(H,41,42)/b25-11-/t17-,18-,22-,27?,30+/m1/s1. The number of thiol groups is 1. The summed E-state index contributed by atoms with van der Waals surface area (Å²) in [6.07, 6.45) is 2.36. The molecule has 12 heteroatoms. The lowest BCUT2D eigenvalue weighted by atomic mass is 9.91. The molecule has 0 aromatic carbocycles. The molecule has 0 bridgehead atoms. The van der Waals surface area contributed by atoms with E-state index in [0.29, 0.717) is 34.5 Å². The lowest BCUT2D eigenvalue weighted by Crippen LogP contribution is -2.30. The fraction of sp³-hybridized carbons (Fsp3) is 0.455. The van der Waals surface area contributed by atoms with E-state index >= 15 is 0 Å². The molecule has 1 saturated heterocycles. The van der Waals surface area contributed by atoms with Crippen molar-refractivity contribution in [1.29, 1.82) is 0 Å². The van der Waals surface area contributed by atoms with E-state index in [1.807, 2.05) is 40.7 Å². The number of nitrogens with one attached hydrogen (secondary N) is 4. The summed E-state index contributed by atoms with van der Waals surface area (Å²) in [6, 6.07) is -0.302. The molecule has 4 rings (SSSR count). The van der Waals surface area contributed by atoms with Crippen LogP contribution in [-0.4, -0.2) is 60.3 Å². The van der Waals surface area contributed by atoms with E-state index < -0.39 is 24.5 Å². The van der Waals surface area contributed by atoms with E-state index in [0.717, 1.165) is 33.8 Å². The number of carboxylic acids is 2. The van der Waals surface area contributed by atoms with Crippen molar-refractivity contribution in [2.45, 2.75) is 84.1 Å². The monoisotopic (exact) mass is 638 g/mol. The van der Waals surface area contributed by atoms with Gasteiger partial charge in [0.05, 0.1) is 18.6 Å². The number of aromatic nitrogens is 2. The van der Waals surface area contributed by atoms with E-state index in [1.54, 1.807) is 0 Å². The van der Waals surface area contributed by atoms with Crippen LogP contribution in [0.5, 0.6) is 0 Å². The second-order valence-electron chi connectivity index (χ2n) is 12.1. The van der Waals surface area contributed by atoms with Crippen molar-refractivity contribution >= 4 is 42.5 Å². The summed E-state index contributed by atoms with van der Waals surface area (Å²) in [6.45, 7) is 13.1. The predicted molar refractivity (Wildman–Crippen MR) is 173 cm³/mol. The minimum atomic E-state index is -1.30. The maximum atomic E-state index is 12.5. The fourth-order valence-corrected chi connectivity index (χ4v) is 7.09. The molecule has 2 amide bonds. The fourth-order valence-electron chi connectivity index (χ4n) is 6.67. The number of aliphatic hydroxyl groups is 1. The third kappa shape index (κ3) is 6.96. The van der Waals surface area contributed by atoms with Crippen molar-refractivity contribution in [2.75, 3.05) is 0 Å². The number of carbonyl (C=O) groups excluding carboxylic acids is 2. The quantitative estimate of drug-likeness (QED) is 0.154. The van der Waals surface area contributed by atoms with Crippen molar-refractivity contribution in [2.24, 2.45) is 11.8 Å². The average Bonchev–Trinajstić information content (AvgIpc) is 3.59. The van der Waals surface area contributed by atoms with Crippen LogP contribution in [0.15, 0.2) is 29.5 Å². The van der Waals surface area contributed by atoms with Crippen LogP contribution in [0.1, 0.15) is 84.7 Å². The van der Waals surface area contributed by atoms with Crippen LogP contribution in [0.25, 0.3) is 6.08 Å². The molecule has 0 saturated carbocycles. The first-order chi connectivity index (χ1) is 21.1. The number of carbonyl (C=O) groups is 4. The van der Waals surface area contributed by atoms with Crippen LogP contribution in [0, 0.1) is 25.7 Å². The zero-order valence-electron chi connectivity index (χ0n) is 26.2. The minimum absolute atomic E-state index is 0.0853. The van der Waals surface area contributed by atoms with Crippen LogP contribution < -0.4 is 10.6 Å². The highest BCUT2D eigenvalue weighted by Crippen LogP contribution is 2.36. The lowest BCUT2D eigenvalue weighted by Gasteiger charge is -2.17. The van der Waals surface area contributed by atoms with E-state index in [1.165, 1.54) is 6.08 Å². The number of allylic oxidation sites excluding steroid dienone is 1. The highest BCUT2D eigenvalue weighted by atomic mass is 32.1. The Labute approximate surface area is 267 Å². The van der Waals surface area contributed by atoms with Crippen molar-refractivity contribution in [3.05, 3.63) is 74.5 Å². The zero-order valence-corrected chi connectivity index (χ0v) is 27.1. The number of aromatic amines is 2. The summed E-state index contributed by atoms with van der Waals surface area (Å²) in [5.74, 6) is -2.78. The largest absolute Gasteiger partial charge is 0.481 e. The van der Waals surface area contributed by atoms with Gasteiger partial charge in [-0.2, -0.15) is 12.6 Å². The summed E-state index contributed by atoms with van der Waals surface area (Å²) >= 11 is 4.61. The summed E-state index contributed by atoms with van der Waals surface area (Å²) in [5.41, 5.74) is 7.63. The van der Waals surface area contributed by atoms with Crippen LogP contribution >= 0.6 is 12.6 Å². The molecule has 2 aliphatic heterocycles. The van der Waals surface area contributed by atoms with Gasteiger partial charge in [0.25, 0.3) is 5.91 Å². The number of hydrogen-bond donors (Lipinski definition) is 8. The van der Waals surface area contributed by atoms with Gasteiger partial charge in [-0.1, -0.05) is 26.5 Å². The van der Waals surface area contributed by atoms with Gasteiger partial charge in [0.15, 0.2) is 0 Å². The SMILES string of the molecule is C=CC1=C(C)[C@@H](Cc2[nH]c(Cc3[nH]c(/C=C4\NC(=O)[C@H](C)[C@H]4[C@@H](C)S)c(C)c3CCC(=O)O)c(C(O)CC(=O)O)c2C)NC1=O. The number of H-pyrrole nitrogens is 2. The van der Waals surface area contributed by atoms with Crippen molar-refractivity contribution < 1.29 is 34.5 Å². The number of aliphatic hydroxyl groups excluding tert-OH is 1. The second-order valence-corrected chi connectivity index (χ2v) is 12.9. The van der Waals surface area contributed by atoms with E-state index in [-0.39, 0.29) is 54.2 Å². The minimum Gasteiger partial charge on any atom is -0.481 e. The Bertz CT molecular complexity index is 1610. The molecule has 5 atom stereocenters. The molecule has 0 radical (unpaired) electrons. The molecule has 2 aromatic heterocycles. The van der Waals surface area contributed by atoms with Crippen LogP contribution in [0.3, 0.4) is 0 Å². The molecule has 11 nitrogen and oxygen atoms in total. The van der Waals surface area contributed by atoms with Gasteiger partial charge in [-0.15, -0.1) is 0 Å². The molecule has 7 N–H and O–H groups in total. The Kier molecular flexibility index (Phi) is 10.2. The molecule has 2 aliphatic rings. The molecule has 0 spiro atoms. The molecular weight excluding hydrogens is 596 g/mol. The number of hydrogen-bond acceptors (Lipinski definition) is 6. The average molecular weight is 639 g/mol. The highest BCUT2D eigenvalue weighted by Gasteiger charge is 2.38. The highest BCUT2D eigenvalue weighted by molar-refractivity contribution is 7.80. The normalized spacial score (nSPS) is 22.1. The zero-order chi connectivity index (χ0) is 33.3. The first-order valence-corrected chi connectivity index (χ1v) is 15.5.